The lowest BCUT2D eigenvalue weighted by Gasteiger charge is -2.46. The molecule has 0 saturated carbocycles. The Bertz CT molecular complexity index is 496. The van der Waals surface area contributed by atoms with E-state index in [0.717, 1.165) is 0 Å². The molecule has 2 saturated heterocycles. The van der Waals surface area contributed by atoms with Crippen LogP contribution in [0.5, 0.6) is 0 Å². The molecule has 0 radical (unpaired) electrons. The van der Waals surface area contributed by atoms with Crippen LogP contribution in [0.2, 0.25) is 0 Å². The van der Waals surface area contributed by atoms with E-state index in [9.17, 15) is 40.5 Å². The summed E-state index contributed by atoms with van der Waals surface area (Å²) in [5, 5.41) is 68.7. The van der Waals surface area contributed by atoms with Gasteiger partial charge in [0.1, 0.15) is 48.8 Å². The molecular weight excluding hydrogens is 372 g/mol. The van der Waals surface area contributed by atoms with Crippen molar-refractivity contribution in [3.8, 4) is 0 Å². The van der Waals surface area contributed by atoms with Crippen molar-refractivity contribution in [3.63, 3.8) is 0 Å². The Kier molecular flexibility index (Phi) is 7.84. The highest BCUT2D eigenvalue weighted by Crippen LogP contribution is 2.28. The number of carbonyl (C=O) groups is 1. The zero-order chi connectivity index (χ0) is 20.3. The van der Waals surface area contributed by atoms with Gasteiger partial charge in [0.15, 0.2) is 12.6 Å². The van der Waals surface area contributed by atoms with E-state index in [4.69, 9.17) is 14.2 Å². The van der Waals surface area contributed by atoms with Crippen LogP contribution in [0, 0.1) is 0 Å². The Hall–Kier alpha value is -0.970. The molecule has 0 aliphatic carbocycles. The van der Waals surface area contributed by atoms with Crippen LogP contribution in [0.1, 0.15) is 6.92 Å². The van der Waals surface area contributed by atoms with Gasteiger partial charge < -0.3 is 50.0 Å². The van der Waals surface area contributed by atoms with E-state index in [1.165, 1.54) is 6.92 Å². The van der Waals surface area contributed by atoms with Gasteiger partial charge in [-0.3, -0.25) is 10.2 Å². The molecular formula is C14H26N2O11. The Morgan fingerprint density at radius 2 is 1.56 bits per heavy atom. The van der Waals surface area contributed by atoms with Gasteiger partial charge in [-0.1, -0.05) is 0 Å². The molecule has 2 heterocycles. The van der Waals surface area contributed by atoms with Gasteiger partial charge in [-0.15, -0.1) is 0 Å². The molecule has 27 heavy (non-hydrogen) atoms. The normalized spacial score (nSPS) is 45.5. The Morgan fingerprint density at radius 1 is 0.926 bits per heavy atom. The molecule has 0 spiro atoms. The molecule has 158 valence electrons. The van der Waals surface area contributed by atoms with Crippen LogP contribution < -0.4 is 10.9 Å². The van der Waals surface area contributed by atoms with E-state index in [1.54, 1.807) is 0 Å². The number of aliphatic hydroxyl groups is 7. The molecule has 1 amide bonds. The lowest BCUT2D eigenvalue weighted by Crippen LogP contribution is -2.68. The van der Waals surface area contributed by atoms with E-state index in [2.05, 4.69) is 10.9 Å². The summed E-state index contributed by atoms with van der Waals surface area (Å²) in [6.45, 7) is -0.166. The molecule has 2 rings (SSSR count). The maximum Gasteiger partial charge on any atom is 0.230 e. The fourth-order valence-corrected chi connectivity index (χ4v) is 2.93. The highest BCUT2D eigenvalue weighted by atomic mass is 16.7. The number of ether oxygens (including phenoxy) is 3. The van der Waals surface area contributed by atoms with Crippen molar-refractivity contribution in [2.75, 3.05) is 13.2 Å². The average Bonchev–Trinajstić information content (AvgIpc) is 2.63. The largest absolute Gasteiger partial charge is 0.394 e. The lowest BCUT2D eigenvalue weighted by atomic mass is 9.96. The van der Waals surface area contributed by atoms with Crippen LogP contribution in [0.25, 0.3) is 0 Å². The van der Waals surface area contributed by atoms with Crippen LogP contribution in [0.3, 0.4) is 0 Å². The van der Waals surface area contributed by atoms with E-state index < -0.39 is 80.5 Å². The summed E-state index contributed by atoms with van der Waals surface area (Å²) < 4.78 is 15.8. The number of rotatable bonds is 6. The van der Waals surface area contributed by atoms with E-state index in [1.807, 2.05) is 0 Å². The van der Waals surface area contributed by atoms with Crippen LogP contribution in [-0.2, 0) is 19.0 Å². The summed E-state index contributed by atoms with van der Waals surface area (Å²) in [5.74, 6) is -0.509. The van der Waals surface area contributed by atoms with Gasteiger partial charge >= 0.3 is 0 Å². The monoisotopic (exact) mass is 398 g/mol. The number of hydrogen-bond acceptors (Lipinski definition) is 12. The number of carbonyl (C=O) groups excluding carboxylic acids is 1. The van der Waals surface area contributed by atoms with Gasteiger partial charge in [0.05, 0.1) is 13.2 Å². The second kappa shape index (κ2) is 9.49. The zero-order valence-electron chi connectivity index (χ0n) is 14.5. The molecule has 2 aliphatic heterocycles. The first-order valence-corrected chi connectivity index (χ1v) is 8.31. The molecule has 10 atom stereocenters. The molecule has 2 fully saturated rings. The van der Waals surface area contributed by atoms with Crippen molar-refractivity contribution >= 4 is 5.91 Å². The Morgan fingerprint density at radius 3 is 2.11 bits per heavy atom. The summed E-state index contributed by atoms with van der Waals surface area (Å²) in [7, 11) is 0. The van der Waals surface area contributed by atoms with Crippen molar-refractivity contribution in [1.29, 1.82) is 0 Å². The number of hydrazine groups is 1. The van der Waals surface area contributed by atoms with Crippen molar-refractivity contribution in [2.24, 2.45) is 0 Å². The first-order valence-electron chi connectivity index (χ1n) is 8.31. The highest BCUT2D eigenvalue weighted by Gasteiger charge is 2.50. The zero-order valence-corrected chi connectivity index (χ0v) is 14.5. The number of aliphatic hydroxyl groups excluding tert-OH is 7. The summed E-state index contributed by atoms with van der Waals surface area (Å²) in [4.78, 5) is 11.0. The maximum absolute atomic E-state index is 11.0. The minimum Gasteiger partial charge on any atom is -0.394 e. The fraction of sp³-hybridized carbons (Fsp3) is 0.929. The summed E-state index contributed by atoms with van der Waals surface area (Å²) in [6.07, 6.45) is -13.6. The second-order valence-electron chi connectivity index (χ2n) is 6.39. The first-order chi connectivity index (χ1) is 12.7. The van der Waals surface area contributed by atoms with Crippen LogP contribution in [0.4, 0.5) is 0 Å². The van der Waals surface area contributed by atoms with Crippen molar-refractivity contribution in [1.82, 2.24) is 10.9 Å². The first kappa shape index (κ1) is 22.3. The van der Waals surface area contributed by atoms with Crippen LogP contribution in [0.15, 0.2) is 0 Å². The third kappa shape index (κ3) is 4.90. The van der Waals surface area contributed by atoms with Gasteiger partial charge in [0.25, 0.3) is 0 Å². The standard InChI is InChI=1S/C14H26N2O11/c1-4(19)15-16-7-9(21)12(6(3-18)25-13(7)24)27-14-11(23)10(22)8(20)5(2-17)26-14/h5-14,16-18,20-24H,2-3H2,1H3,(H,15,19)/t5-,6-,7-,8+,9-,10+,11-,12-,13?,14+/m1/s1. The van der Waals surface area contributed by atoms with Gasteiger partial charge in [0.2, 0.25) is 5.91 Å². The lowest BCUT2D eigenvalue weighted by molar-refractivity contribution is -0.345. The SMILES string of the molecule is CC(=O)NN[C@H]1C(O)O[C@H](CO)[C@@H](O[C@@H]2O[C@H](CO)[C@H](O)[C@H](O)[C@H]2O)[C@@H]1O. The Labute approximate surface area is 154 Å². The Balaban J connectivity index is 2.14. The van der Waals surface area contributed by atoms with E-state index in [-0.39, 0.29) is 0 Å². The van der Waals surface area contributed by atoms with Crippen molar-refractivity contribution < 1.29 is 54.8 Å². The van der Waals surface area contributed by atoms with E-state index >= 15 is 0 Å². The number of hydrogen-bond donors (Lipinski definition) is 9. The minimum absolute atomic E-state index is 0.509. The average molecular weight is 398 g/mol. The van der Waals surface area contributed by atoms with Gasteiger partial charge in [-0.25, -0.2) is 5.43 Å². The third-order valence-electron chi connectivity index (χ3n) is 4.43. The predicted octanol–water partition coefficient (Wildman–Crippen LogP) is -5.75. The number of amides is 1. The molecule has 13 heteroatoms. The molecule has 9 N–H and O–H groups in total. The molecule has 0 aromatic rings. The molecule has 0 aromatic heterocycles. The quantitative estimate of drug-likeness (QED) is 0.192. The molecule has 13 nitrogen and oxygen atoms in total. The van der Waals surface area contributed by atoms with Crippen LogP contribution >= 0.6 is 0 Å². The van der Waals surface area contributed by atoms with Gasteiger partial charge in [0, 0.05) is 6.92 Å². The van der Waals surface area contributed by atoms with Gasteiger partial charge in [-0.2, -0.15) is 0 Å². The molecule has 0 bridgehead atoms. The van der Waals surface area contributed by atoms with Crippen LogP contribution in [-0.4, -0.2) is 116 Å². The fourth-order valence-electron chi connectivity index (χ4n) is 2.93. The van der Waals surface area contributed by atoms with E-state index in [0.29, 0.717) is 0 Å². The second-order valence-corrected chi connectivity index (χ2v) is 6.39. The molecule has 0 aromatic carbocycles. The van der Waals surface area contributed by atoms with Gasteiger partial charge in [-0.05, 0) is 0 Å². The third-order valence-corrected chi connectivity index (χ3v) is 4.43. The van der Waals surface area contributed by atoms with Crippen molar-refractivity contribution in [3.05, 3.63) is 0 Å². The maximum atomic E-state index is 11.0. The molecule has 2 aliphatic rings. The topological polar surface area (TPSA) is 210 Å². The predicted molar refractivity (Wildman–Crippen MR) is 83.4 cm³/mol. The minimum atomic E-state index is -1.73. The van der Waals surface area contributed by atoms with Crippen molar-refractivity contribution in [2.45, 2.75) is 68.3 Å². The smallest absolute Gasteiger partial charge is 0.230 e. The summed E-state index contributed by atoms with van der Waals surface area (Å²) >= 11 is 0. The number of nitrogens with one attached hydrogen (secondary N) is 2. The summed E-state index contributed by atoms with van der Waals surface area (Å²) in [6, 6.07) is -1.26. The summed E-state index contributed by atoms with van der Waals surface area (Å²) in [5.41, 5.74) is 4.54. The highest BCUT2D eigenvalue weighted by molar-refractivity contribution is 5.72. The molecule has 1 unspecified atom stereocenters.